The first kappa shape index (κ1) is 21.2. The van der Waals surface area contributed by atoms with Gasteiger partial charge in [-0.15, -0.1) is 6.58 Å². The number of rotatable bonds is 8. The summed E-state index contributed by atoms with van der Waals surface area (Å²) in [5, 5.41) is 2.95. The van der Waals surface area contributed by atoms with E-state index in [0.717, 1.165) is 11.1 Å². The third-order valence-electron chi connectivity index (χ3n) is 5.28. The van der Waals surface area contributed by atoms with Crippen LogP contribution in [0.1, 0.15) is 15.9 Å². The monoisotopic (exact) mass is 431 g/mol. The number of hydrogen-bond acceptors (Lipinski definition) is 6. The van der Waals surface area contributed by atoms with Gasteiger partial charge in [0.15, 0.2) is 17.1 Å². The van der Waals surface area contributed by atoms with Gasteiger partial charge in [0.25, 0.3) is 5.91 Å². The number of nitrogens with two attached hydrogens (primary N) is 1. The molecule has 0 aliphatic carbocycles. The topological polar surface area (TPSA) is 104 Å². The predicted molar refractivity (Wildman–Crippen MR) is 125 cm³/mol. The normalized spacial score (nSPS) is 10.9. The standard InChI is InChI=1S/C24H25N5O3/c1-4-13-29-22(25)20(21-23(29)28-17-8-6-5-7-16(17)27-21)24(30)26-12-11-15-9-10-18(31-2)19(14-15)32-3/h4-10,14H,1,11-13,25H2,2-3H3,(H,26,30). The quantitative estimate of drug-likeness (QED) is 0.415. The highest BCUT2D eigenvalue weighted by molar-refractivity contribution is 6.10. The fraction of sp³-hybridized carbons (Fsp3) is 0.208. The van der Waals surface area contributed by atoms with Crippen molar-refractivity contribution in [3.8, 4) is 11.5 Å². The number of benzene rings is 2. The number of anilines is 1. The molecule has 2 aromatic heterocycles. The second kappa shape index (κ2) is 8.97. The second-order valence-electron chi connectivity index (χ2n) is 7.24. The molecule has 0 radical (unpaired) electrons. The van der Waals surface area contributed by atoms with Crippen molar-refractivity contribution in [3.05, 3.63) is 66.2 Å². The third kappa shape index (κ3) is 3.82. The molecular formula is C24H25N5O3. The molecule has 4 aromatic rings. The van der Waals surface area contributed by atoms with E-state index in [4.69, 9.17) is 20.2 Å². The SMILES string of the molecule is C=CCn1c(N)c(C(=O)NCCc2ccc(OC)c(OC)c2)c2nc3ccccc3nc21. The summed E-state index contributed by atoms with van der Waals surface area (Å²) < 4.78 is 12.4. The zero-order valence-electron chi connectivity index (χ0n) is 18.1. The molecule has 0 atom stereocenters. The van der Waals surface area contributed by atoms with Crippen molar-refractivity contribution in [3.63, 3.8) is 0 Å². The summed E-state index contributed by atoms with van der Waals surface area (Å²) in [5.74, 6) is 1.34. The van der Waals surface area contributed by atoms with Crippen molar-refractivity contribution in [2.24, 2.45) is 0 Å². The van der Waals surface area contributed by atoms with Crippen LogP contribution in [0.25, 0.3) is 22.2 Å². The minimum atomic E-state index is -0.291. The maximum absolute atomic E-state index is 13.1. The molecule has 2 heterocycles. The molecule has 1 amide bonds. The summed E-state index contributed by atoms with van der Waals surface area (Å²) in [4.78, 5) is 22.5. The van der Waals surface area contributed by atoms with Crippen LogP contribution in [0.2, 0.25) is 0 Å². The Labute approximate surface area is 185 Å². The minimum absolute atomic E-state index is 0.291. The lowest BCUT2D eigenvalue weighted by atomic mass is 10.1. The van der Waals surface area contributed by atoms with Crippen molar-refractivity contribution in [1.29, 1.82) is 0 Å². The Bertz CT molecular complexity index is 1310. The molecule has 8 nitrogen and oxygen atoms in total. The first-order chi connectivity index (χ1) is 15.6. The number of fused-ring (bicyclic) bond motifs is 2. The van der Waals surface area contributed by atoms with Gasteiger partial charge in [-0.2, -0.15) is 0 Å². The number of hydrogen-bond donors (Lipinski definition) is 2. The van der Waals surface area contributed by atoms with Crippen molar-refractivity contribution < 1.29 is 14.3 Å². The Morgan fingerprint density at radius 2 is 1.84 bits per heavy atom. The third-order valence-corrected chi connectivity index (χ3v) is 5.28. The van der Waals surface area contributed by atoms with Gasteiger partial charge in [0, 0.05) is 13.1 Å². The van der Waals surface area contributed by atoms with Crippen molar-refractivity contribution in [2.45, 2.75) is 13.0 Å². The number of carbonyl (C=O) groups excluding carboxylic acids is 1. The lowest BCUT2D eigenvalue weighted by Gasteiger charge is -2.10. The minimum Gasteiger partial charge on any atom is -0.493 e. The van der Waals surface area contributed by atoms with Crippen LogP contribution in [0, 0.1) is 0 Å². The van der Waals surface area contributed by atoms with Crippen LogP contribution in [-0.4, -0.2) is 41.2 Å². The van der Waals surface area contributed by atoms with Gasteiger partial charge in [-0.25, -0.2) is 9.97 Å². The number of ether oxygens (including phenoxy) is 2. The van der Waals surface area contributed by atoms with Gasteiger partial charge in [0.2, 0.25) is 0 Å². The smallest absolute Gasteiger partial charge is 0.257 e. The lowest BCUT2D eigenvalue weighted by Crippen LogP contribution is -2.26. The molecule has 0 spiro atoms. The number of carbonyl (C=O) groups is 1. The van der Waals surface area contributed by atoms with E-state index >= 15 is 0 Å². The van der Waals surface area contributed by atoms with E-state index in [-0.39, 0.29) is 5.91 Å². The lowest BCUT2D eigenvalue weighted by molar-refractivity contribution is 0.0956. The van der Waals surface area contributed by atoms with Gasteiger partial charge in [-0.1, -0.05) is 24.3 Å². The van der Waals surface area contributed by atoms with Crippen LogP contribution in [-0.2, 0) is 13.0 Å². The molecule has 0 aliphatic rings. The summed E-state index contributed by atoms with van der Waals surface area (Å²) in [6.07, 6.45) is 2.33. The number of amides is 1. The number of allylic oxidation sites excluding steroid dienone is 1. The number of nitrogens with zero attached hydrogens (tertiary/aromatic N) is 3. The molecule has 4 rings (SSSR count). The summed E-state index contributed by atoms with van der Waals surface area (Å²) in [5.41, 5.74) is 10.2. The van der Waals surface area contributed by atoms with Crippen LogP contribution in [0.3, 0.4) is 0 Å². The molecule has 0 saturated heterocycles. The van der Waals surface area contributed by atoms with Crippen LogP contribution in [0.15, 0.2) is 55.1 Å². The van der Waals surface area contributed by atoms with Gasteiger partial charge in [0.05, 0.1) is 25.3 Å². The number of nitrogens with one attached hydrogen (secondary N) is 1. The highest BCUT2D eigenvalue weighted by Gasteiger charge is 2.23. The van der Waals surface area contributed by atoms with E-state index in [9.17, 15) is 4.79 Å². The molecular weight excluding hydrogens is 406 g/mol. The molecule has 0 saturated carbocycles. The van der Waals surface area contributed by atoms with Gasteiger partial charge < -0.3 is 25.1 Å². The first-order valence-electron chi connectivity index (χ1n) is 10.2. The largest absolute Gasteiger partial charge is 0.493 e. The van der Waals surface area contributed by atoms with Crippen molar-refractivity contribution in [2.75, 3.05) is 26.5 Å². The van der Waals surface area contributed by atoms with Crippen molar-refractivity contribution in [1.82, 2.24) is 19.9 Å². The molecule has 0 aliphatic heterocycles. The second-order valence-corrected chi connectivity index (χ2v) is 7.24. The Kier molecular flexibility index (Phi) is 5.93. The summed E-state index contributed by atoms with van der Waals surface area (Å²) in [7, 11) is 3.19. The van der Waals surface area contributed by atoms with Gasteiger partial charge in [-0.05, 0) is 36.2 Å². The Hall–Kier alpha value is -4.07. The van der Waals surface area contributed by atoms with E-state index in [0.29, 0.717) is 59.1 Å². The molecule has 3 N–H and O–H groups in total. The molecule has 0 fully saturated rings. The molecule has 0 unspecified atom stereocenters. The van der Waals surface area contributed by atoms with Gasteiger partial charge in [-0.3, -0.25) is 4.79 Å². The highest BCUT2D eigenvalue weighted by atomic mass is 16.5. The van der Waals surface area contributed by atoms with Gasteiger partial charge >= 0.3 is 0 Å². The van der Waals surface area contributed by atoms with Gasteiger partial charge in [0.1, 0.15) is 16.9 Å². The number of methoxy groups -OCH3 is 2. The number of aromatic nitrogens is 3. The van der Waals surface area contributed by atoms with Crippen LogP contribution in [0.4, 0.5) is 5.82 Å². The average Bonchev–Trinajstić information content (AvgIpc) is 3.08. The summed E-state index contributed by atoms with van der Waals surface area (Å²) >= 11 is 0. The fourth-order valence-corrected chi connectivity index (χ4v) is 3.70. The van der Waals surface area contributed by atoms with E-state index in [1.165, 1.54) is 0 Å². The van der Waals surface area contributed by atoms with Crippen LogP contribution < -0.4 is 20.5 Å². The maximum atomic E-state index is 13.1. The Morgan fingerprint density at radius 1 is 1.12 bits per heavy atom. The highest BCUT2D eigenvalue weighted by Crippen LogP contribution is 2.29. The predicted octanol–water partition coefficient (Wildman–Crippen LogP) is 3.34. The Morgan fingerprint density at radius 3 is 2.53 bits per heavy atom. The molecule has 32 heavy (non-hydrogen) atoms. The Balaban J connectivity index is 1.61. The summed E-state index contributed by atoms with van der Waals surface area (Å²) in [6.45, 7) is 4.63. The summed E-state index contributed by atoms with van der Waals surface area (Å²) in [6, 6.07) is 13.2. The van der Waals surface area contributed by atoms with Crippen LogP contribution >= 0.6 is 0 Å². The number of nitrogen functional groups attached to an aromatic ring is 1. The maximum Gasteiger partial charge on any atom is 0.257 e. The fourth-order valence-electron chi connectivity index (χ4n) is 3.70. The van der Waals surface area contributed by atoms with E-state index in [2.05, 4.69) is 16.9 Å². The molecule has 0 bridgehead atoms. The zero-order valence-corrected chi connectivity index (χ0v) is 18.1. The first-order valence-corrected chi connectivity index (χ1v) is 10.2. The average molecular weight is 431 g/mol. The number of para-hydroxylation sites is 2. The van der Waals surface area contributed by atoms with E-state index in [1.807, 2.05) is 42.5 Å². The molecule has 2 aromatic carbocycles. The molecule has 164 valence electrons. The molecule has 8 heteroatoms. The van der Waals surface area contributed by atoms with Crippen LogP contribution in [0.5, 0.6) is 11.5 Å². The van der Waals surface area contributed by atoms with Crippen molar-refractivity contribution >= 4 is 33.9 Å². The van der Waals surface area contributed by atoms with E-state index in [1.54, 1.807) is 24.9 Å². The zero-order chi connectivity index (χ0) is 22.7. The van der Waals surface area contributed by atoms with E-state index < -0.39 is 0 Å².